The molecule has 0 bridgehead atoms. The molecule has 29 heavy (non-hydrogen) atoms. The van der Waals surface area contributed by atoms with E-state index in [2.05, 4.69) is 15.7 Å². The maximum absolute atomic E-state index is 15.0. The molecule has 0 radical (unpaired) electrons. The minimum Gasteiger partial charge on any atom is -0.319 e. The molecule has 1 aliphatic rings. The van der Waals surface area contributed by atoms with Gasteiger partial charge in [-0.15, -0.1) is 0 Å². The first-order chi connectivity index (χ1) is 13.8. The zero-order valence-electron chi connectivity index (χ0n) is 16.9. The molecular formula is C23H25FN4O. The highest BCUT2D eigenvalue weighted by Gasteiger charge is 2.27. The zero-order valence-corrected chi connectivity index (χ0v) is 16.9. The highest BCUT2D eigenvalue weighted by Crippen LogP contribution is 2.28. The van der Waals surface area contributed by atoms with Gasteiger partial charge in [-0.2, -0.15) is 5.10 Å². The summed E-state index contributed by atoms with van der Waals surface area (Å²) in [6, 6.07) is 13.1. The number of benzene rings is 2. The minimum atomic E-state index is -0.357. The number of hydrogen-bond donors (Lipinski definition) is 2. The number of rotatable bonds is 3. The summed E-state index contributed by atoms with van der Waals surface area (Å²) in [5, 5.41) is 10.7. The van der Waals surface area contributed by atoms with Gasteiger partial charge in [-0.25, -0.2) is 9.07 Å². The van der Waals surface area contributed by atoms with Crippen molar-refractivity contribution < 1.29 is 9.18 Å². The summed E-state index contributed by atoms with van der Waals surface area (Å²) in [7, 11) is 0. The third kappa shape index (κ3) is 3.80. The SMILES string of the molecule is CC(C)(C)c1nn(-c2ccccc2)cc1C(=O)Nc1ccc2c(c1F)CCNC2. The Morgan fingerprint density at radius 3 is 2.66 bits per heavy atom. The first-order valence-corrected chi connectivity index (χ1v) is 9.82. The summed E-state index contributed by atoms with van der Waals surface area (Å²) < 4.78 is 16.7. The second-order valence-corrected chi connectivity index (χ2v) is 8.37. The number of nitrogens with zero attached hydrogens (tertiary/aromatic N) is 2. The molecule has 2 heterocycles. The summed E-state index contributed by atoms with van der Waals surface area (Å²) >= 11 is 0. The van der Waals surface area contributed by atoms with Gasteiger partial charge in [-0.1, -0.05) is 45.0 Å². The standard InChI is InChI=1S/C23H25FN4O/c1-23(2,3)21-18(14-28(27-21)16-7-5-4-6-8-16)22(29)26-19-10-9-15-13-25-12-11-17(15)20(19)24/h4-10,14,25H,11-13H2,1-3H3,(H,26,29). The summed E-state index contributed by atoms with van der Waals surface area (Å²) in [5.74, 6) is -0.699. The highest BCUT2D eigenvalue weighted by molar-refractivity contribution is 6.05. The lowest BCUT2D eigenvalue weighted by Crippen LogP contribution is -2.25. The van der Waals surface area contributed by atoms with E-state index in [-0.39, 0.29) is 22.8 Å². The number of amides is 1. The largest absolute Gasteiger partial charge is 0.319 e. The molecule has 2 N–H and O–H groups in total. The lowest BCUT2D eigenvalue weighted by atomic mass is 9.89. The lowest BCUT2D eigenvalue weighted by molar-refractivity contribution is 0.102. The molecule has 1 aromatic heterocycles. The van der Waals surface area contributed by atoms with Gasteiger partial charge in [0.05, 0.1) is 22.6 Å². The van der Waals surface area contributed by atoms with E-state index in [1.807, 2.05) is 57.2 Å². The Labute approximate surface area is 169 Å². The van der Waals surface area contributed by atoms with Gasteiger partial charge < -0.3 is 10.6 Å². The summed E-state index contributed by atoms with van der Waals surface area (Å²) in [5.41, 5.74) is 3.47. The van der Waals surface area contributed by atoms with Crippen LogP contribution in [0.5, 0.6) is 0 Å². The highest BCUT2D eigenvalue weighted by atomic mass is 19.1. The molecule has 4 rings (SSSR count). The molecule has 6 heteroatoms. The van der Waals surface area contributed by atoms with Crippen LogP contribution in [0.1, 0.15) is 48.0 Å². The second-order valence-electron chi connectivity index (χ2n) is 8.37. The van der Waals surface area contributed by atoms with Gasteiger partial charge in [-0.3, -0.25) is 4.79 Å². The number of halogens is 1. The van der Waals surface area contributed by atoms with Gasteiger partial charge in [-0.05, 0) is 42.3 Å². The molecule has 1 aliphatic heterocycles. The van der Waals surface area contributed by atoms with Crippen molar-refractivity contribution in [1.29, 1.82) is 0 Å². The van der Waals surface area contributed by atoms with Crippen molar-refractivity contribution in [2.75, 3.05) is 11.9 Å². The summed E-state index contributed by atoms with van der Waals surface area (Å²) in [4.78, 5) is 13.1. The molecule has 0 saturated carbocycles. The van der Waals surface area contributed by atoms with Gasteiger partial charge in [0, 0.05) is 18.2 Å². The fraction of sp³-hybridized carbons (Fsp3) is 0.304. The van der Waals surface area contributed by atoms with Crippen molar-refractivity contribution in [3.63, 3.8) is 0 Å². The molecule has 3 aromatic rings. The molecule has 0 aliphatic carbocycles. The number of aromatic nitrogens is 2. The average molecular weight is 392 g/mol. The molecule has 0 unspecified atom stereocenters. The van der Waals surface area contributed by atoms with Crippen LogP contribution in [0.15, 0.2) is 48.7 Å². The number of fused-ring (bicyclic) bond motifs is 1. The van der Waals surface area contributed by atoms with Crippen LogP contribution < -0.4 is 10.6 Å². The van der Waals surface area contributed by atoms with Crippen molar-refractivity contribution in [3.8, 4) is 5.69 Å². The van der Waals surface area contributed by atoms with E-state index in [4.69, 9.17) is 0 Å². The second kappa shape index (κ2) is 7.44. The van der Waals surface area contributed by atoms with Gasteiger partial charge in [0.1, 0.15) is 5.82 Å². The van der Waals surface area contributed by atoms with E-state index >= 15 is 0 Å². The molecule has 5 nitrogen and oxygen atoms in total. The molecule has 2 aromatic carbocycles. The van der Waals surface area contributed by atoms with E-state index in [1.165, 1.54) is 0 Å². The maximum atomic E-state index is 15.0. The van der Waals surface area contributed by atoms with E-state index in [0.717, 1.165) is 17.8 Å². The van der Waals surface area contributed by atoms with E-state index < -0.39 is 0 Å². The van der Waals surface area contributed by atoms with Crippen molar-refractivity contribution in [1.82, 2.24) is 15.1 Å². The van der Waals surface area contributed by atoms with Crippen molar-refractivity contribution in [2.24, 2.45) is 0 Å². The fourth-order valence-electron chi connectivity index (χ4n) is 3.63. The van der Waals surface area contributed by atoms with Gasteiger partial charge in [0.2, 0.25) is 0 Å². The molecule has 150 valence electrons. The van der Waals surface area contributed by atoms with E-state index in [1.54, 1.807) is 16.9 Å². The summed E-state index contributed by atoms with van der Waals surface area (Å²) in [6.07, 6.45) is 2.33. The molecular weight excluding hydrogens is 367 g/mol. The lowest BCUT2D eigenvalue weighted by Gasteiger charge is -2.20. The van der Waals surface area contributed by atoms with Crippen molar-refractivity contribution in [3.05, 3.63) is 76.9 Å². The van der Waals surface area contributed by atoms with Gasteiger partial charge in [0.25, 0.3) is 5.91 Å². The van der Waals surface area contributed by atoms with E-state index in [0.29, 0.717) is 29.8 Å². The first kappa shape index (κ1) is 19.3. The number of nitrogens with one attached hydrogen (secondary N) is 2. The normalized spacial score (nSPS) is 13.8. The third-order valence-electron chi connectivity index (χ3n) is 5.15. The smallest absolute Gasteiger partial charge is 0.259 e. The number of hydrogen-bond acceptors (Lipinski definition) is 3. The predicted molar refractivity (Wildman–Crippen MR) is 112 cm³/mol. The van der Waals surface area contributed by atoms with Crippen LogP contribution in [-0.2, 0) is 18.4 Å². The Kier molecular flexibility index (Phi) is 4.96. The van der Waals surface area contributed by atoms with Crippen LogP contribution in [0.25, 0.3) is 5.69 Å². The topological polar surface area (TPSA) is 59.0 Å². The van der Waals surface area contributed by atoms with Crippen molar-refractivity contribution >= 4 is 11.6 Å². The Morgan fingerprint density at radius 2 is 1.93 bits per heavy atom. The predicted octanol–water partition coefficient (Wildman–Crippen LogP) is 4.21. The van der Waals surface area contributed by atoms with Crippen molar-refractivity contribution in [2.45, 2.75) is 39.2 Å². The Morgan fingerprint density at radius 1 is 1.17 bits per heavy atom. The molecule has 1 amide bonds. The number of carbonyl (C=O) groups is 1. The molecule has 0 fully saturated rings. The van der Waals surface area contributed by atoms with Crippen LogP contribution in [0.3, 0.4) is 0 Å². The Balaban J connectivity index is 1.69. The van der Waals surface area contributed by atoms with Crippen LogP contribution in [0, 0.1) is 5.82 Å². The Bertz CT molecular complexity index is 1050. The van der Waals surface area contributed by atoms with Gasteiger partial charge >= 0.3 is 0 Å². The fourth-order valence-corrected chi connectivity index (χ4v) is 3.63. The number of anilines is 1. The monoisotopic (exact) mass is 392 g/mol. The quantitative estimate of drug-likeness (QED) is 0.702. The zero-order chi connectivity index (χ0) is 20.6. The number of carbonyl (C=O) groups excluding carboxylic acids is 1. The van der Waals surface area contributed by atoms with Crippen LogP contribution in [0.2, 0.25) is 0 Å². The first-order valence-electron chi connectivity index (χ1n) is 9.82. The Hall–Kier alpha value is -2.99. The van der Waals surface area contributed by atoms with Crippen LogP contribution in [-0.4, -0.2) is 22.2 Å². The minimum absolute atomic E-state index is 0.211. The maximum Gasteiger partial charge on any atom is 0.259 e. The average Bonchev–Trinajstić information content (AvgIpc) is 3.17. The molecule has 0 atom stereocenters. The van der Waals surface area contributed by atoms with Crippen LogP contribution in [0.4, 0.5) is 10.1 Å². The molecule has 0 spiro atoms. The van der Waals surface area contributed by atoms with Crippen LogP contribution >= 0.6 is 0 Å². The van der Waals surface area contributed by atoms with E-state index in [9.17, 15) is 9.18 Å². The summed E-state index contributed by atoms with van der Waals surface area (Å²) in [6.45, 7) is 7.41. The molecule has 0 saturated heterocycles. The number of para-hydroxylation sites is 1. The third-order valence-corrected chi connectivity index (χ3v) is 5.15. The van der Waals surface area contributed by atoms with Gasteiger partial charge in [0.15, 0.2) is 0 Å².